The molecule has 0 N–H and O–H groups in total. The van der Waals surface area contributed by atoms with Gasteiger partial charge in [-0.2, -0.15) is 0 Å². The fourth-order valence-corrected chi connectivity index (χ4v) is 6.76. The van der Waals surface area contributed by atoms with Crippen LogP contribution in [0.2, 0.25) is 0 Å². The molecule has 0 spiro atoms. The molecule has 0 radical (unpaired) electrons. The average Bonchev–Trinajstić information content (AvgIpc) is 2.85. The summed E-state index contributed by atoms with van der Waals surface area (Å²) in [7, 11) is 0. The minimum Gasteiger partial charge on any atom is -0.206 e. The summed E-state index contributed by atoms with van der Waals surface area (Å²) in [6.45, 7) is 4.38. The first kappa shape index (κ1) is 26.2. The maximum atomic E-state index is 15.5. The van der Waals surface area contributed by atoms with Gasteiger partial charge in [-0.1, -0.05) is 63.8 Å². The lowest BCUT2D eigenvalue weighted by Gasteiger charge is -2.30. The summed E-state index contributed by atoms with van der Waals surface area (Å²) in [6, 6.07) is 8.11. The summed E-state index contributed by atoms with van der Waals surface area (Å²) in [6.07, 6.45) is 9.87. The van der Waals surface area contributed by atoms with Crippen LogP contribution < -0.4 is 0 Å². The van der Waals surface area contributed by atoms with E-state index in [0.29, 0.717) is 17.4 Å². The largest absolute Gasteiger partial charge is 0.266 e. The maximum Gasteiger partial charge on any atom is 0.266 e. The SMILES string of the molecule is CCCC1CCC(c2ccc(-c3ccc(C4CCC(CCC)CC4)c(C(F)F)c3F)c(F)c2)CC1. The van der Waals surface area contributed by atoms with Crippen LogP contribution in [0.15, 0.2) is 30.3 Å². The molecular weight excluding hydrogens is 448 g/mol. The first-order chi connectivity index (χ1) is 16.9. The lowest BCUT2D eigenvalue weighted by atomic mass is 9.75. The molecule has 35 heavy (non-hydrogen) atoms. The van der Waals surface area contributed by atoms with Gasteiger partial charge in [-0.3, -0.25) is 0 Å². The second kappa shape index (κ2) is 11.9. The first-order valence-electron chi connectivity index (χ1n) is 13.8. The zero-order valence-electron chi connectivity index (χ0n) is 21.3. The molecule has 2 aromatic rings. The van der Waals surface area contributed by atoms with Crippen LogP contribution in [0.25, 0.3) is 11.1 Å². The van der Waals surface area contributed by atoms with Gasteiger partial charge in [0.15, 0.2) is 0 Å². The Kier molecular flexibility index (Phi) is 8.94. The molecule has 0 nitrogen and oxygen atoms in total. The van der Waals surface area contributed by atoms with Crippen molar-refractivity contribution in [2.45, 2.75) is 109 Å². The quantitative estimate of drug-likeness (QED) is 0.324. The van der Waals surface area contributed by atoms with Crippen molar-refractivity contribution >= 4 is 0 Å². The molecule has 4 heteroatoms. The van der Waals surface area contributed by atoms with E-state index in [0.717, 1.165) is 75.7 Å². The normalized spacial score (nSPS) is 25.2. The molecule has 0 heterocycles. The molecule has 2 aromatic carbocycles. The predicted octanol–water partition coefficient (Wildman–Crippen LogP) is 10.7. The van der Waals surface area contributed by atoms with Crippen LogP contribution in [0.4, 0.5) is 17.6 Å². The highest BCUT2D eigenvalue weighted by atomic mass is 19.3. The topological polar surface area (TPSA) is 0 Å². The van der Waals surface area contributed by atoms with Gasteiger partial charge in [-0.25, -0.2) is 17.6 Å². The summed E-state index contributed by atoms with van der Waals surface area (Å²) in [4.78, 5) is 0. The summed E-state index contributed by atoms with van der Waals surface area (Å²) in [5.74, 6) is 0.196. The molecule has 4 rings (SSSR count). The van der Waals surface area contributed by atoms with E-state index in [9.17, 15) is 8.78 Å². The molecule has 0 atom stereocenters. The summed E-state index contributed by atoms with van der Waals surface area (Å²) in [5, 5.41) is 0. The third-order valence-electron chi connectivity index (χ3n) is 8.71. The Bertz CT molecular complexity index is 966. The average molecular weight is 489 g/mol. The molecule has 0 bridgehead atoms. The van der Waals surface area contributed by atoms with Crippen molar-refractivity contribution in [2.24, 2.45) is 11.8 Å². The zero-order valence-corrected chi connectivity index (χ0v) is 21.3. The second-order valence-electron chi connectivity index (χ2n) is 11.0. The van der Waals surface area contributed by atoms with Crippen LogP contribution in [0, 0.1) is 23.5 Å². The second-order valence-corrected chi connectivity index (χ2v) is 11.0. The lowest BCUT2D eigenvalue weighted by Crippen LogP contribution is -2.15. The Hall–Kier alpha value is -1.84. The van der Waals surface area contributed by atoms with Crippen LogP contribution >= 0.6 is 0 Å². The molecule has 2 aliphatic carbocycles. The molecule has 2 saturated carbocycles. The van der Waals surface area contributed by atoms with Gasteiger partial charge in [0, 0.05) is 11.1 Å². The van der Waals surface area contributed by atoms with Crippen molar-refractivity contribution in [3.05, 3.63) is 58.7 Å². The molecule has 0 aliphatic heterocycles. The van der Waals surface area contributed by atoms with Gasteiger partial charge < -0.3 is 0 Å². The van der Waals surface area contributed by atoms with Crippen LogP contribution in [0.5, 0.6) is 0 Å². The van der Waals surface area contributed by atoms with E-state index in [2.05, 4.69) is 13.8 Å². The Morgan fingerprint density at radius 2 is 1.26 bits per heavy atom. The molecule has 2 aliphatic rings. The summed E-state index contributed by atoms with van der Waals surface area (Å²) >= 11 is 0. The van der Waals surface area contributed by atoms with E-state index in [1.165, 1.54) is 25.0 Å². The third-order valence-corrected chi connectivity index (χ3v) is 8.71. The molecular formula is C31H40F4. The highest BCUT2D eigenvalue weighted by Gasteiger charge is 2.30. The van der Waals surface area contributed by atoms with Crippen LogP contribution in [-0.2, 0) is 0 Å². The molecule has 192 valence electrons. The molecule has 0 aromatic heterocycles. The van der Waals surface area contributed by atoms with Gasteiger partial charge in [0.25, 0.3) is 6.43 Å². The highest BCUT2D eigenvalue weighted by Crippen LogP contribution is 2.44. The van der Waals surface area contributed by atoms with Gasteiger partial charge in [0.05, 0.1) is 5.56 Å². The fourth-order valence-electron chi connectivity index (χ4n) is 6.76. The number of hydrogen-bond acceptors (Lipinski definition) is 0. The number of hydrogen-bond donors (Lipinski definition) is 0. The monoisotopic (exact) mass is 488 g/mol. The Morgan fingerprint density at radius 3 is 1.77 bits per heavy atom. The minimum absolute atomic E-state index is 0.0503. The van der Waals surface area contributed by atoms with Crippen molar-refractivity contribution in [2.75, 3.05) is 0 Å². The number of halogens is 4. The van der Waals surface area contributed by atoms with Crippen molar-refractivity contribution in [3.63, 3.8) is 0 Å². The van der Waals surface area contributed by atoms with Gasteiger partial charge in [0.1, 0.15) is 11.6 Å². The van der Waals surface area contributed by atoms with Crippen molar-refractivity contribution in [1.29, 1.82) is 0 Å². The maximum absolute atomic E-state index is 15.5. The Labute approximate surface area is 208 Å². The highest BCUT2D eigenvalue weighted by molar-refractivity contribution is 5.67. The van der Waals surface area contributed by atoms with Crippen LogP contribution in [-0.4, -0.2) is 0 Å². The van der Waals surface area contributed by atoms with E-state index in [4.69, 9.17) is 0 Å². The van der Waals surface area contributed by atoms with E-state index in [-0.39, 0.29) is 17.0 Å². The summed E-state index contributed by atoms with van der Waals surface area (Å²) < 4.78 is 58.9. The summed E-state index contributed by atoms with van der Waals surface area (Å²) in [5.41, 5.74) is 0.845. The van der Waals surface area contributed by atoms with Crippen molar-refractivity contribution in [1.82, 2.24) is 0 Å². The predicted molar refractivity (Wildman–Crippen MR) is 136 cm³/mol. The third kappa shape index (κ3) is 5.94. The lowest BCUT2D eigenvalue weighted by molar-refractivity contribution is 0.143. The Balaban J connectivity index is 1.55. The number of alkyl halides is 2. The standard InChI is InChI=1S/C31H40F4/c1-3-5-20-7-11-22(12-8-20)24-15-16-26(28(32)19-24)27-18-17-25(29(30(27)33)31(34)35)23-13-9-21(6-4-2)10-14-23/h15-23,31H,3-14H2,1-2H3. The van der Waals surface area contributed by atoms with Gasteiger partial charge in [0.2, 0.25) is 0 Å². The van der Waals surface area contributed by atoms with E-state index in [1.54, 1.807) is 12.1 Å². The van der Waals surface area contributed by atoms with E-state index >= 15 is 8.78 Å². The minimum atomic E-state index is -2.92. The molecule has 0 amide bonds. The van der Waals surface area contributed by atoms with E-state index < -0.39 is 23.6 Å². The molecule has 0 unspecified atom stereocenters. The number of rotatable bonds is 8. The van der Waals surface area contributed by atoms with Gasteiger partial charge in [-0.15, -0.1) is 0 Å². The van der Waals surface area contributed by atoms with Crippen molar-refractivity contribution < 1.29 is 17.6 Å². The first-order valence-corrected chi connectivity index (χ1v) is 13.8. The number of benzene rings is 2. The van der Waals surface area contributed by atoms with Crippen molar-refractivity contribution in [3.8, 4) is 11.1 Å². The molecule has 2 fully saturated rings. The van der Waals surface area contributed by atoms with Crippen LogP contribution in [0.3, 0.4) is 0 Å². The van der Waals surface area contributed by atoms with E-state index in [1.807, 2.05) is 6.07 Å². The Morgan fingerprint density at radius 1 is 0.714 bits per heavy atom. The zero-order chi connectivity index (χ0) is 24.9. The fraction of sp³-hybridized carbons (Fsp3) is 0.613. The smallest absolute Gasteiger partial charge is 0.206 e. The van der Waals surface area contributed by atoms with Crippen LogP contribution in [0.1, 0.15) is 126 Å². The van der Waals surface area contributed by atoms with Gasteiger partial charge in [-0.05, 0) is 92.2 Å². The van der Waals surface area contributed by atoms with Gasteiger partial charge >= 0.3 is 0 Å². The molecule has 0 saturated heterocycles.